The number of amides is 1. The van der Waals surface area contributed by atoms with E-state index in [0.29, 0.717) is 29.2 Å². The van der Waals surface area contributed by atoms with Crippen molar-refractivity contribution in [2.75, 3.05) is 18.1 Å². The Morgan fingerprint density at radius 1 is 1.21 bits per heavy atom. The zero-order valence-electron chi connectivity index (χ0n) is 15.6. The quantitative estimate of drug-likeness (QED) is 0.352. The molecule has 11 heteroatoms. The summed E-state index contributed by atoms with van der Waals surface area (Å²) >= 11 is 0. The fourth-order valence-corrected chi connectivity index (χ4v) is 3.24. The molecule has 1 aliphatic heterocycles. The second-order valence-electron chi connectivity index (χ2n) is 6.68. The fraction of sp³-hybridized carbons (Fsp3) is 0.333. The summed E-state index contributed by atoms with van der Waals surface area (Å²) in [5, 5.41) is 26.1. The average molecular weight is 399 g/mol. The van der Waals surface area contributed by atoms with Crippen LogP contribution in [0.3, 0.4) is 0 Å². The number of imidazole rings is 1. The van der Waals surface area contributed by atoms with Gasteiger partial charge in [-0.1, -0.05) is 12.1 Å². The molecule has 0 aliphatic carbocycles. The Morgan fingerprint density at radius 3 is 2.69 bits per heavy atom. The second kappa shape index (κ2) is 7.62. The summed E-state index contributed by atoms with van der Waals surface area (Å²) < 4.78 is 7.06. The Labute approximate surface area is 165 Å². The summed E-state index contributed by atoms with van der Waals surface area (Å²) in [7, 11) is 1.43. The van der Waals surface area contributed by atoms with Crippen molar-refractivity contribution in [1.82, 2.24) is 24.8 Å². The maximum absolute atomic E-state index is 11.9. The lowest BCUT2D eigenvalue weighted by atomic mass is 10.1. The maximum Gasteiger partial charge on any atom is 0.251 e. The first-order valence-electron chi connectivity index (χ1n) is 8.98. The Bertz CT molecular complexity index is 1020. The van der Waals surface area contributed by atoms with Gasteiger partial charge in [0.25, 0.3) is 5.91 Å². The van der Waals surface area contributed by atoms with E-state index in [4.69, 9.17) is 10.5 Å². The Kier molecular flexibility index (Phi) is 5.01. The van der Waals surface area contributed by atoms with E-state index in [0.717, 1.165) is 5.56 Å². The Balaban J connectivity index is 1.59. The number of nitrogens with one attached hydrogen (secondary N) is 2. The van der Waals surface area contributed by atoms with Crippen molar-refractivity contribution in [2.45, 2.75) is 31.1 Å². The van der Waals surface area contributed by atoms with Crippen molar-refractivity contribution >= 4 is 28.6 Å². The van der Waals surface area contributed by atoms with Crippen LogP contribution in [0.5, 0.6) is 0 Å². The third-order valence-electron chi connectivity index (χ3n) is 4.82. The molecule has 3 aromatic rings. The summed E-state index contributed by atoms with van der Waals surface area (Å²) in [6.07, 6.45) is -2.11. The first-order chi connectivity index (χ1) is 14.0. The highest BCUT2D eigenvalue weighted by molar-refractivity contribution is 5.83. The number of hydrogen-bond acceptors (Lipinski definition) is 9. The number of aromatic nitrogens is 4. The van der Waals surface area contributed by atoms with Crippen LogP contribution < -0.4 is 16.4 Å². The molecule has 0 bridgehead atoms. The number of anilines is 2. The molecule has 0 spiro atoms. The Hall–Kier alpha value is -3.28. The lowest BCUT2D eigenvalue weighted by molar-refractivity contribution is -0.137. The normalized spacial score (nSPS) is 24.0. The van der Waals surface area contributed by atoms with Crippen LogP contribution in [-0.2, 0) is 16.1 Å². The molecular weight excluding hydrogens is 378 g/mol. The number of aliphatic hydroxyl groups is 2. The summed E-state index contributed by atoms with van der Waals surface area (Å²) in [5.41, 5.74) is 8.26. The van der Waals surface area contributed by atoms with E-state index >= 15 is 0 Å². The van der Waals surface area contributed by atoms with Gasteiger partial charge in [0.2, 0.25) is 0 Å². The minimum absolute atomic E-state index is 0.397. The molecular formula is C18H21N7O4. The largest absolute Gasteiger partial charge is 0.399 e. The summed E-state index contributed by atoms with van der Waals surface area (Å²) in [5.74, 6) is -0.0228. The predicted octanol–water partition coefficient (Wildman–Crippen LogP) is -0.614. The minimum Gasteiger partial charge on any atom is -0.399 e. The molecule has 29 heavy (non-hydrogen) atoms. The molecule has 6 N–H and O–H groups in total. The van der Waals surface area contributed by atoms with Crippen LogP contribution in [0.15, 0.2) is 36.9 Å². The van der Waals surface area contributed by atoms with Crippen LogP contribution in [0.1, 0.15) is 11.8 Å². The molecule has 1 aliphatic rings. The van der Waals surface area contributed by atoms with Gasteiger partial charge in [0.15, 0.2) is 29.3 Å². The molecule has 11 nitrogen and oxygen atoms in total. The van der Waals surface area contributed by atoms with Crippen LogP contribution in [0.2, 0.25) is 0 Å². The number of likely N-dealkylation sites (N-methyl/N-ethyl adjacent to an activating group) is 1. The highest BCUT2D eigenvalue weighted by Gasteiger charge is 2.47. The highest BCUT2D eigenvalue weighted by atomic mass is 16.6. The Morgan fingerprint density at radius 2 is 1.97 bits per heavy atom. The van der Waals surface area contributed by atoms with Crippen LogP contribution in [-0.4, -0.2) is 61.0 Å². The van der Waals surface area contributed by atoms with Crippen LogP contribution in [0.25, 0.3) is 11.2 Å². The van der Waals surface area contributed by atoms with E-state index in [1.165, 1.54) is 24.3 Å². The van der Waals surface area contributed by atoms with Crippen molar-refractivity contribution in [2.24, 2.45) is 0 Å². The van der Waals surface area contributed by atoms with Gasteiger partial charge in [0.1, 0.15) is 18.5 Å². The molecule has 1 fully saturated rings. The van der Waals surface area contributed by atoms with Gasteiger partial charge >= 0.3 is 0 Å². The number of carbonyl (C=O) groups excluding carboxylic acids is 1. The molecule has 1 aromatic carbocycles. The fourth-order valence-electron chi connectivity index (χ4n) is 3.24. The van der Waals surface area contributed by atoms with Crippen molar-refractivity contribution in [3.8, 4) is 0 Å². The molecule has 152 valence electrons. The van der Waals surface area contributed by atoms with Crippen LogP contribution in [0.4, 0.5) is 11.5 Å². The van der Waals surface area contributed by atoms with Crippen LogP contribution >= 0.6 is 0 Å². The number of aliphatic hydroxyl groups excluding tert-OH is 2. The van der Waals surface area contributed by atoms with E-state index in [2.05, 4.69) is 25.6 Å². The standard InChI is InChI=1S/C18H21N7O4/c1-20-17(28)14-12(26)13(27)18(29-14)25-8-24-11-15(22-7-23-16(11)25)21-6-9-2-4-10(19)5-3-9/h2-5,7-8,12-14,18,26-27H,6,19H2,1H3,(H,20,28)(H,21,22,23)/t12-,13+,14-,18?/m0/s1. The first kappa shape index (κ1) is 19.1. The third kappa shape index (κ3) is 3.46. The summed E-state index contributed by atoms with van der Waals surface area (Å²) in [4.78, 5) is 24.6. The number of benzene rings is 1. The van der Waals surface area contributed by atoms with Crippen LogP contribution in [0, 0.1) is 0 Å². The maximum atomic E-state index is 11.9. The number of nitrogens with two attached hydrogens (primary N) is 1. The van der Waals surface area contributed by atoms with E-state index in [1.54, 1.807) is 0 Å². The number of nitrogens with zero attached hydrogens (tertiary/aromatic N) is 4. The zero-order valence-corrected chi connectivity index (χ0v) is 15.6. The molecule has 4 rings (SSSR count). The molecule has 0 radical (unpaired) electrons. The van der Waals surface area contributed by atoms with E-state index in [-0.39, 0.29) is 0 Å². The third-order valence-corrected chi connectivity index (χ3v) is 4.82. The second-order valence-corrected chi connectivity index (χ2v) is 6.68. The molecule has 4 atom stereocenters. The van der Waals surface area contributed by atoms with E-state index in [1.807, 2.05) is 24.3 Å². The summed E-state index contributed by atoms with van der Waals surface area (Å²) in [6, 6.07) is 7.44. The topological polar surface area (TPSA) is 160 Å². The number of carbonyl (C=O) groups is 1. The summed E-state index contributed by atoms with van der Waals surface area (Å²) in [6.45, 7) is 0.499. The average Bonchev–Trinajstić information content (AvgIpc) is 3.29. The van der Waals surface area contributed by atoms with Crippen molar-refractivity contribution in [3.05, 3.63) is 42.5 Å². The number of hydrogen-bond donors (Lipinski definition) is 5. The number of ether oxygens (including phenoxy) is 1. The van der Waals surface area contributed by atoms with Gasteiger partial charge in [-0.2, -0.15) is 0 Å². The highest BCUT2D eigenvalue weighted by Crippen LogP contribution is 2.32. The lowest BCUT2D eigenvalue weighted by Gasteiger charge is -2.16. The number of fused-ring (bicyclic) bond motifs is 1. The number of nitrogen functional groups attached to an aromatic ring is 1. The molecule has 1 amide bonds. The van der Waals surface area contributed by atoms with Gasteiger partial charge in [-0.15, -0.1) is 0 Å². The molecule has 2 aromatic heterocycles. The van der Waals surface area contributed by atoms with Crippen molar-refractivity contribution in [1.29, 1.82) is 0 Å². The van der Waals surface area contributed by atoms with Gasteiger partial charge in [0.05, 0.1) is 6.33 Å². The SMILES string of the molecule is CNC(=O)[C@H]1OC(n2cnc3c(NCc4ccc(N)cc4)ncnc32)[C@H](O)[C@@H]1O. The smallest absolute Gasteiger partial charge is 0.251 e. The van der Waals surface area contributed by atoms with Gasteiger partial charge in [-0.25, -0.2) is 15.0 Å². The molecule has 0 saturated carbocycles. The van der Waals surface area contributed by atoms with Gasteiger partial charge in [0, 0.05) is 19.3 Å². The minimum atomic E-state index is -1.37. The van der Waals surface area contributed by atoms with Crippen molar-refractivity contribution in [3.63, 3.8) is 0 Å². The number of rotatable bonds is 5. The van der Waals surface area contributed by atoms with Gasteiger partial charge in [-0.05, 0) is 17.7 Å². The molecule has 1 saturated heterocycles. The van der Waals surface area contributed by atoms with E-state index < -0.39 is 30.4 Å². The van der Waals surface area contributed by atoms with E-state index in [9.17, 15) is 15.0 Å². The molecule has 3 heterocycles. The first-order valence-corrected chi connectivity index (χ1v) is 8.98. The lowest BCUT2D eigenvalue weighted by Crippen LogP contribution is -2.41. The molecule has 1 unspecified atom stereocenters. The predicted molar refractivity (Wildman–Crippen MR) is 103 cm³/mol. The van der Waals surface area contributed by atoms with Crippen molar-refractivity contribution < 1.29 is 19.7 Å². The van der Waals surface area contributed by atoms with Gasteiger partial charge in [-0.3, -0.25) is 9.36 Å². The zero-order chi connectivity index (χ0) is 20.5. The van der Waals surface area contributed by atoms with Gasteiger partial charge < -0.3 is 31.3 Å². The monoisotopic (exact) mass is 399 g/mol.